The van der Waals surface area contributed by atoms with Crippen LogP contribution < -0.4 is 11.1 Å². The number of nitrogens with one attached hydrogen (secondary N) is 1. The van der Waals surface area contributed by atoms with E-state index >= 15 is 0 Å². The first-order valence-corrected chi connectivity index (χ1v) is 6.07. The minimum atomic E-state index is -0.297. The van der Waals surface area contributed by atoms with Crippen LogP contribution in [0.15, 0.2) is 16.7 Å². The van der Waals surface area contributed by atoms with Gasteiger partial charge in [0.2, 0.25) is 5.91 Å². The van der Waals surface area contributed by atoms with Crippen LogP contribution >= 0.6 is 27.5 Å². The number of nitrogens with zero attached hydrogens (tertiary/aromatic N) is 1. The molecule has 0 aliphatic carbocycles. The van der Waals surface area contributed by atoms with Crippen LogP contribution in [0.5, 0.6) is 0 Å². The van der Waals surface area contributed by atoms with Crippen LogP contribution in [0.4, 0.5) is 5.69 Å². The third kappa shape index (κ3) is 4.59. The quantitative estimate of drug-likeness (QED) is 0.810. The molecule has 0 fully saturated rings. The topological polar surface area (TPSA) is 77.2 Å². The normalized spacial score (nSPS) is 12.2. The molecular formula is C10H13BrClN3O2. The van der Waals surface area contributed by atoms with Crippen molar-refractivity contribution in [1.82, 2.24) is 4.98 Å². The highest BCUT2D eigenvalue weighted by molar-refractivity contribution is 9.10. The molecule has 5 nitrogen and oxygen atoms in total. The van der Waals surface area contributed by atoms with Crippen molar-refractivity contribution in [2.24, 2.45) is 5.73 Å². The number of pyridine rings is 1. The van der Waals surface area contributed by atoms with Crippen molar-refractivity contribution in [3.63, 3.8) is 0 Å². The Morgan fingerprint density at radius 1 is 1.76 bits per heavy atom. The van der Waals surface area contributed by atoms with Crippen LogP contribution in [0.3, 0.4) is 0 Å². The lowest BCUT2D eigenvalue weighted by Crippen LogP contribution is -2.28. The third-order valence-electron chi connectivity index (χ3n) is 2.09. The SMILES string of the molecule is COC(CN)CC(=O)Nc1cc(Br)cnc1Cl. The zero-order valence-corrected chi connectivity index (χ0v) is 11.6. The Hall–Kier alpha value is -0.690. The van der Waals surface area contributed by atoms with Gasteiger partial charge in [-0.25, -0.2) is 4.98 Å². The fraction of sp³-hybridized carbons (Fsp3) is 0.400. The summed E-state index contributed by atoms with van der Waals surface area (Å²) in [7, 11) is 1.51. The van der Waals surface area contributed by atoms with E-state index in [2.05, 4.69) is 26.2 Å². The van der Waals surface area contributed by atoms with Crippen molar-refractivity contribution < 1.29 is 9.53 Å². The molecule has 1 amide bonds. The molecule has 0 saturated carbocycles. The number of carbonyl (C=O) groups is 1. The average molecular weight is 323 g/mol. The summed E-state index contributed by atoms with van der Waals surface area (Å²) in [5, 5.41) is 2.89. The summed E-state index contributed by atoms with van der Waals surface area (Å²) < 4.78 is 5.75. The number of amides is 1. The molecule has 1 aromatic rings. The summed E-state index contributed by atoms with van der Waals surface area (Å²) in [4.78, 5) is 15.6. The maximum absolute atomic E-state index is 11.7. The summed E-state index contributed by atoms with van der Waals surface area (Å²) in [5.74, 6) is -0.218. The number of hydrogen-bond donors (Lipinski definition) is 2. The van der Waals surface area contributed by atoms with E-state index in [1.807, 2.05) is 0 Å². The van der Waals surface area contributed by atoms with Gasteiger partial charge in [-0.1, -0.05) is 11.6 Å². The van der Waals surface area contributed by atoms with E-state index in [-0.39, 0.29) is 30.1 Å². The van der Waals surface area contributed by atoms with Gasteiger partial charge in [0.05, 0.1) is 18.2 Å². The molecular weight excluding hydrogens is 309 g/mol. The van der Waals surface area contributed by atoms with Gasteiger partial charge in [0, 0.05) is 24.3 Å². The Kier molecular flexibility index (Phi) is 5.84. The van der Waals surface area contributed by atoms with Crippen molar-refractivity contribution in [2.75, 3.05) is 19.0 Å². The molecule has 0 aliphatic heterocycles. The van der Waals surface area contributed by atoms with Crippen molar-refractivity contribution in [1.29, 1.82) is 0 Å². The molecule has 3 N–H and O–H groups in total. The Labute approximate surface area is 113 Å². The van der Waals surface area contributed by atoms with Crippen molar-refractivity contribution in [3.05, 3.63) is 21.9 Å². The fourth-order valence-electron chi connectivity index (χ4n) is 1.18. The van der Waals surface area contributed by atoms with Crippen LogP contribution in [0.1, 0.15) is 6.42 Å². The molecule has 1 heterocycles. The van der Waals surface area contributed by atoms with Crippen LogP contribution in [0, 0.1) is 0 Å². The molecule has 0 bridgehead atoms. The smallest absolute Gasteiger partial charge is 0.227 e. The van der Waals surface area contributed by atoms with Gasteiger partial charge in [0.25, 0.3) is 0 Å². The van der Waals surface area contributed by atoms with Crippen molar-refractivity contribution in [3.8, 4) is 0 Å². The maximum Gasteiger partial charge on any atom is 0.227 e. The zero-order valence-electron chi connectivity index (χ0n) is 9.24. The van der Waals surface area contributed by atoms with E-state index in [4.69, 9.17) is 22.1 Å². The minimum absolute atomic E-state index is 0.176. The zero-order chi connectivity index (χ0) is 12.8. The lowest BCUT2D eigenvalue weighted by Gasteiger charge is -2.13. The number of rotatable bonds is 5. The average Bonchev–Trinajstić information content (AvgIpc) is 2.31. The van der Waals surface area contributed by atoms with E-state index in [9.17, 15) is 4.79 Å². The monoisotopic (exact) mass is 321 g/mol. The van der Waals surface area contributed by atoms with Crippen LogP contribution in [0.25, 0.3) is 0 Å². The highest BCUT2D eigenvalue weighted by Crippen LogP contribution is 2.23. The van der Waals surface area contributed by atoms with E-state index in [0.717, 1.165) is 4.47 Å². The van der Waals surface area contributed by atoms with Crippen LogP contribution in [-0.4, -0.2) is 30.6 Å². The Bertz CT molecular complexity index is 399. The molecule has 94 valence electrons. The fourth-order valence-corrected chi connectivity index (χ4v) is 1.66. The lowest BCUT2D eigenvalue weighted by molar-refractivity contribution is -0.118. The molecule has 0 aromatic carbocycles. The number of aromatic nitrogens is 1. The first-order chi connectivity index (χ1) is 8.06. The lowest BCUT2D eigenvalue weighted by atomic mass is 10.2. The number of methoxy groups -OCH3 is 1. The largest absolute Gasteiger partial charge is 0.380 e. The van der Waals surface area contributed by atoms with E-state index in [0.29, 0.717) is 5.69 Å². The first-order valence-electron chi connectivity index (χ1n) is 4.90. The molecule has 0 radical (unpaired) electrons. The summed E-state index contributed by atoms with van der Waals surface area (Å²) >= 11 is 9.09. The van der Waals surface area contributed by atoms with Gasteiger partial charge >= 0.3 is 0 Å². The molecule has 1 unspecified atom stereocenters. The Morgan fingerprint density at radius 2 is 2.47 bits per heavy atom. The molecule has 7 heteroatoms. The first kappa shape index (κ1) is 14.4. The summed E-state index contributed by atoms with van der Waals surface area (Å²) in [6.07, 6.45) is 1.43. The van der Waals surface area contributed by atoms with Gasteiger partial charge in [-0.05, 0) is 22.0 Å². The van der Waals surface area contributed by atoms with Gasteiger partial charge < -0.3 is 15.8 Å². The summed E-state index contributed by atoms with van der Waals surface area (Å²) in [6, 6.07) is 1.68. The molecule has 17 heavy (non-hydrogen) atoms. The third-order valence-corrected chi connectivity index (χ3v) is 2.82. The van der Waals surface area contributed by atoms with Gasteiger partial charge in [0.1, 0.15) is 0 Å². The number of ether oxygens (including phenoxy) is 1. The molecule has 0 spiro atoms. The summed E-state index contributed by atoms with van der Waals surface area (Å²) in [5.41, 5.74) is 5.88. The summed E-state index contributed by atoms with van der Waals surface area (Å²) in [6.45, 7) is 0.286. The Balaban J connectivity index is 2.64. The number of hydrogen-bond acceptors (Lipinski definition) is 4. The van der Waals surface area contributed by atoms with Gasteiger partial charge in [-0.2, -0.15) is 0 Å². The minimum Gasteiger partial charge on any atom is -0.380 e. The van der Waals surface area contributed by atoms with E-state index < -0.39 is 0 Å². The highest BCUT2D eigenvalue weighted by atomic mass is 79.9. The number of carbonyl (C=O) groups excluding carboxylic acids is 1. The second kappa shape index (κ2) is 6.90. The molecule has 0 aliphatic rings. The number of anilines is 1. The predicted molar refractivity (Wildman–Crippen MR) is 70.0 cm³/mol. The van der Waals surface area contributed by atoms with Crippen LogP contribution in [0.2, 0.25) is 5.15 Å². The molecule has 1 rings (SSSR count). The predicted octanol–water partition coefficient (Wildman–Crippen LogP) is 1.80. The highest BCUT2D eigenvalue weighted by Gasteiger charge is 2.13. The number of nitrogens with two attached hydrogens (primary N) is 1. The number of halogens is 2. The van der Waals surface area contributed by atoms with Gasteiger partial charge in [0.15, 0.2) is 5.15 Å². The standard InChI is InChI=1S/C10H13BrClN3O2/c1-17-7(4-13)3-9(16)15-8-2-6(11)5-14-10(8)12/h2,5,7H,3-4,13H2,1H3,(H,15,16). The van der Waals surface area contributed by atoms with Gasteiger partial charge in [-0.3, -0.25) is 4.79 Å². The second-order valence-electron chi connectivity index (χ2n) is 3.34. The van der Waals surface area contributed by atoms with Crippen LogP contribution in [-0.2, 0) is 9.53 Å². The second-order valence-corrected chi connectivity index (χ2v) is 4.61. The van der Waals surface area contributed by atoms with Crippen molar-refractivity contribution >= 4 is 39.1 Å². The maximum atomic E-state index is 11.7. The molecule has 0 saturated heterocycles. The van der Waals surface area contributed by atoms with E-state index in [1.54, 1.807) is 12.3 Å². The van der Waals surface area contributed by atoms with Crippen molar-refractivity contribution in [2.45, 2.75) is 12.5 Å². The van der Waals surface area contributed by atoms with E-state index in [1.165, 1.54) is 7.11 Å². The molecule has 1 aromatic heterocycles. The molecule has 1 atom stereocenters. The van der Waals surface area contributed by atoms with Gasteiger partial charge in [-0.15, -0.1) is 0 Å². The Morgan fingerprint density at radius 3 is 3.06 bits per heavy atom.